The standard InChI is InChI=1S/C14H17N/c1-11-13-6-8-15(9-7-13)14(11)10-12-4-2-3-5-12/h2-5,10,12-13H,1,6-9H2/b14-10+. The van der Waals surface area contributed by atoms with Crippen LogP contribution >= 0.6 is 0 Å². The molecule has 3 aliphatic heterocycles. The Balaban J connectivity index is 1.88. The van der Waals surface area contributed by atoms with Gasteiger partial charge in [-0.2, -0.15) is 0 Å². The second-order valence-electron chi connectivity index (χ2n) is 4.69. The molecule has 0 N–H and O–H groups in total. The molecule has 78 valence electrons. The Morgan fingerprint density at radius 1 is 1.20 bits per heavy atom. The Labute approximate surface area is 91.5 Å². The Hall–Kier alpha value is -1.24. The zero-order valence-corrected chi connectivity index (χ0v) is 9.02. The highest BCUT2D eigenvalue weighted by Crippen LogP contribution is 2.38. The maximum Gasteiger partial charge on any atom is 0.0364 e. The van der Waals surface area contributed by atoms with Gasteiger partial charge in [0.05, 0.1) is 0 Å². The highest BCUT2D eigenvalue weighted by atomic mass is 15.2. The average Bonchev–Trinajstić information content (AvgIpc) is 2.77. The molecule has 3 heterocycles. The van der Waals surface area contributed by atoms with Gasteiger partial charge in [-0.3, -0.25) is 0 Å². The third-order valence-electron chi connectivity index (χ3n) is 3.79. The van der Waals surface area contributed by atoms with E-state index in [4.69, 9.17) is 0 Å². The molecule has 3 saturated heterocycles. The number of piperidine rings is 3. The summed E-state index contributed by atoms with van der Waals surface area (Å²) >= 11 is 0. The molecule has 0 aromatic heterocycles. The van der Waals surface area contributed by atoms with Gasteiger partial charge in [0.15, 0.2) is 0 Å². The van der Waals surface area contributed by atoms with Crippen molar-refractivity contribution >= 4 is 0 Å². The molecule has 4 rings (SSSR count). The van der Waals surface area contributed by atoms with Crippen molar-refractivity contribution in [3.8, 4) is 0 Å². The van der Waals surface area contributed by atoms with E-state index in [1.54, 1.807) is 0 Å². The summed E-state index contributed by atoms with van der Waals surface area (Å²) < 4.78 is 0. The first kappa shape index (κ1) is 9.02. The fourth-order valence-electron chi connectivity index (χ4n) is 2.84. The van der Waals surface area contributed by atoms with Crippen LogP contribution < -0.4 is 0 Å². The maximum atomic E-state index is 4.26. The Kier molecular flexibility index (Phi) is 2.05. The van der Waals surface area contributed by atoms with Crippen LogP contribution in [0.3, 0.4) is 0 Å². The second kappa shape index (κ2) is 3.41. The lowest BCUT2D eigenvalue weighted by Crippen LogP contribution is -2.41. The summed E-state index contributed by atoms with van der Waals surface area (Å²) in [7, 11) is 0. The monoisotopic (exact) mass is 199 g/mol. The number of nitrogens with zero attached hydrogens (tertiary/aromatic N) is 1. The molecule has 15 heavy (non-hydrogen) atoms. The van der Waals surface area contributed by atoms with Crippen molar-refractivity contribution in [1.29, 1.82) is 0 Å². The zero-order chi connectivity index (χ0) is 10.3. The van der Waals surface area contributed by atoms with Crippen LogP contribution in [-0.2, 0) is 0 Å². The van der Waals surface area contributed by atoms with Gasteiger partial charge >= 0.3 is 0 Å². The third-order valence-corrected chi connectivity index (χ3v) is 3.79. The van der Waals surface area contributed by atoms with E-state index in [-0.39, 0.29) is 0 Å². The lowest BCUT2D eigenvalue weighted by Gasteiger charge is -2.44. The molecule has 0 spiro atoms. The molecule has 0 atom stereocenters. The van der Waals surface area contributed by atoms with Crippen molar-refractivity contribution in [3.63, 3.8) is 0 Å². The van der Waals surface area contributed by atoms with E-state index >= 15 is 0 Å². The quantitative estimate of drug-likeness (QED) is 0.627. The van der Waals surface area contributed by atoms with Crippen LogP contribution in [0.2, 0.25) is 0 Å². The number of hydrogen-bond donors (Lipinski definition) is 0. The van der Waals surface area contributed by atoms with Gasteiger partial charge in [-0.25, -0.2) is 0 Å². The van der Waals surface area contributed by atoms with Crippen LogP contribution in [0, 0.1) is 11.8 Å². The molecule has 0 radical (unpaired) electrons. The Morgan fingerprint density at radius 3 is 2.47 bits per heavy atom. The minimum Gasteiger partial charge on any atom is -0.372 e. The summed E-state index contributed by atoms with van der Waals surface area (Å²) in [5, 5.41) is 0. The summed E-state index contributed by atoms with van der Waals surface area (Å²) in [6, 6.07) is 0. The van der Waals surface area contributed by atoms with E-state index in [2.05, 4.69) is 41.9 Å². The van der Waals surface area contributed by atoms with Crippen molar-refractivity contribution in [3.05, 3.63) is 48.2 Å². The van der Waals surface area contributed by atoms with Gasteiger partial charge in [-0.1, -0.05) is 37.0 Å². The lowest BCUT2D eigenvalue weighted by molar-refractivity contribution is 0.205. The molecule has 0 aromatic carbocycles. The lowest BCUT2D eigenvalue weighted by atomic mass is 9.81. The summed E-state index contributed by atoms with van der Waals surface area (Å²) in [6.07, 6.45) is 13.7. The highest BCUT2D eigenvalue weighted by Gasteiger charge is 2.31. The van der Waals surface area contributed by atoms with Gasteiger partial charge in [0.2, 0.25) is 0 Å². The molecule has 4 aliphatic rings. The van der Waals surface area contributed by atoms with Gasteiger partial charge in [-0.05, 0) is 24.3 Å². The molecule has 1 aliphatic carbocycles. The van der Waals surface area contributed by atoms with Crippen LogP contribution in [0.4, 0.5) is 0 Å². The van der Waals surface area contributed by atoms with Gasteiger partial charge in [-0.15, -0.1) is 0 Å². The summed E-state index contributed by atoms with van der Waals surface area (Å²) in [4.78, 5) is 2.50. The first-order chi connectivity index (χ1) is 7.34. The molecule has 0 saturated carbocycles. The molecule has 1 heteroatoms. The number of hydrogen-bond acceptors (Lipinski definition) is 1. The van der Waals surface area contributed by atoms with Crippen molar-refractivity contribution in [2.24, 2.45) is 11.8 Å². The fourth-order valence-corrected chi connectivity index (χ4v) is 2.84. The van der Waals surface area contributed by atoms with Crippen LogP contribution in [0.25, 0.3) is 0 Å². The zero-order valence-electron chi connectivity index (χ0n) is 9.02. The van der Waals surface area contributed by atoms with E-state index in [0.29, 0.717) is 5.92 Å². The molecule has 0 aromatic rings. The van der Waals surface area contributed by atoms with Gasteiger partial charge < -0.3 is 4.90 Å². The number of allylic oxidation sites excluding steroid dienone is 6. The van der Waals surface area contributed by atoms with E-state index in [9.17, 15) is 0 Å². The third kappa shape index (κ3) is 1.46. The number of rotatable bonds is 1. The minimum atomic E-state index is 0.496. The first-order valence-corrected chi connectivity index (χ1v) is 5.85. The summed E-state index contributed by atoms with van der Waals surface area (Å²) in [6.45, 7) is 6.73. The largest absolute Gasteiger partial charge is 0.372 e. The van der Waals surface area contributed by atoms with Gasteiger partial charge in [0, 0.05) is 24.7 Å². The first-order valence-electron chi connectivity index (χ1n) is 5.85. The SMILES string of the molecule is C=C1/C(=C\C2C=CC=C2)N2CCC1CC2. The Morgan fingerprint density at radius 2 is 1.87 bits per heavy atom. The van der Waals surface area contributed by atoms with Crippen molar-refractivity contribution < 1.29 is 0 Å². The van der Waals surface area contributed by atoms with E-state index in [0.717, 1.165) is 5.92 Å². The molecule has 0 amide bonds. The van der Waals surface area contributed by atoms with Crippen molar-refractivity contribution in [1.82, 2.24) is 4.90 Å². The van der Waals surface area contributed by atoms with Crippen LogP contribution in [0.15, 0.2) is 48.2 Å². The van der Waals surface area contributed by atoms with Crippen molar-refractivity contribution in [2.45, 2.75) is 12.8 Å². The van der Waals surface area contributed by atoms with E-state index in [1.807, 2.05) is 0 Å². The van der Waals surface area contributed by atoms with Crippen LogP contribution in [0.1, 0.15) is 12.8 Å². The highest BCUT2D eigenvalue weighted by molar-refractivity contribution is 5.37. The topological polar surface area (TPSA) is 3.24 Å². The van der Waals surface area contributed by atoms with Gasteiger partial charge in [0.1, 0.15) is 0 Å². The molecule has 2 bridgehead atoms. The van der Waals surface area contributed by atoms with E-state index in [1.165, 1.54) is 37.2 Å². The number of fused-ring (bicyclic) bond motifs is 3. The Bertz CT molecular complexity index is 353. The minimum absolute atomic E-state index is 0.496. The van der Waals surface area contributed by atoms with Crippen molar-refractivity contribution in [2.75, 3.05) is 13.1 Å². The predicted octanol–water partition coefficient (Wildman–Crippen LogP) is 2.89. The second-order valence-corrected chi connectivity index (χ2v) is 4.69. The molecule has 3 fully saturated rings. The van der Waals surface area contributed by atoms with E-state index < -0.39 is 0 Å². The summed E-state index contributed by atoms with van der Waals surface area (Å²) in [5.41, 5.74) is 2.79. The fraction of sp³-hybridized carbons (Fsp3) is 0.429. The maximum absolute atomic E-state index is 4.26. The molecule has 1 nitrogen and oxygen atoms in total. The smallest absolute Gasteiger partial charge is 0.0364 e. The van der Waals surface area contributed by atoms with Crippen LogP contribution in [0.5, 0.6) is 0 Å². The van der Waals surface area contributed by atoms with Gasteiger partial charge in [0.25, 0.3) is 0 Å². The normalized spacial score (nSPS) is 28.7. The molecular formula is C14H17N. The molecular weight excluding hydrogens is 182 g/mol. The van der Waals surface area contributed by atoms with Crippen LogP contribution in [-0.4, -0.2) is 18.0 Å². The average molecular weight is 199 g/mol. The summed E-state index contributed by atoms with van der Waals surface area (Å²) in [5.74, 6) is 1.26. The predicted molar refractivity (Wildman–Crippen MR) is 63.3 cm³/mol. The molecule has 0 unspecified atom stereocenters.